The van der Waals surface area contributed by atoms with Crippen LogP contribution in [0.15, 0.2) is 18.2 Å². The number of carbonyl (C=O) groups is 1. The van der Waals surface area contributed by atoms with Crippen LogP contribution in [0.25, 0.3) is 0 Å². The Morgan fingerprint density at radius 2 is 1.67 bits per heavy atom. The number of amides is 1. The standard InChI is InChI=1S/C18H28INO4/c1-12(2)10-22-14-8-7-9-15(16(14)19)23-11-13(3)20-17(21)24-18(4,5)6/h7-9,12-13H,10-11H2,1-6H3,(H,20,21)/t13-/m0/s1. The van der Waals surface area contributed by atoms with E-state index in [1.807, 2.05) is 45.9 Å². The van der Waals surface area contributed by atoms with Crippen LogP contribution in [0.4, 0.5) is 4.79 Å². The molecule has 1 amide bonds. The Hall–Kier alpha value is -1.18. The van der Waals surface area contributed by atoms with Crippen LogP contribution < -0.4 is 14.8 Å². The van der Waals surface area contributed by atoms with Gasteiger partial charge in [0.2, 0.25) is 0 Å². The lowest BCUT2D eigenvalue weighted by Crippen LogP contribution is -2.40. The smallest absolute Gasteiger partial charge is 0.407 e. The lowest BCUT2D eigenvalue weighted by Gasteiger charge is -2.22. The van der Waals surface area contributed by atoms with Crippen LogP contribution in [0.2, 0.25) is 0 Å². The molecule has 5 nitrogen and oxygen atoms in total. The van der Waals surface area contributed by atoms with E-state index < -0.39 is 11.7 Å². The highest BCUT2D eigenvalue weighted by atomic mass is 127. The van der Waals surface area contributed by atoms with Crippen molar-refractivity contribution in [3.8, 4) is 11.5 Å². The van der Waals surface area contributed by atoms with Crippen molar-refractivity contribution >= 4 is 28.7 Å². The van der Waals surface area contributed by atoms with Crippen LogP contribution in [-0.2, 0) is 4.74 Å². The van der Waals surface area contributed by atoms with E-state index in [9.17, 15) is 4.79 Å². The number of hydrogen-bond donors (Lipinski definition) is 1. The van der Waals surface area contributed by atoms with E-state index in [-0.39, 0.29) is 6.04 Å². The molecule has 0 bridgehead atoms. The fourth-order valence-corrected chi connectivity index (χ4v) is 2.41. The SMILES string of the molecule is CC(C)COc1cccc(OC[C@H](C)NC(=O)OC(C)(C)C)c1I. The van der Waals surface area contributed by atoms with E-state index in [4.69, 9.17) is 14.2 Å². The van der Waals surface area contributed by atoms with E-state index in [1.54, 1.807) is 0 Å². The summed E-state index contributed by atoms with van der Waals surface area (Å²) in [7, 11) is 0. The minimum Gasteiger partial charge on any atom is -0.492 e. The molecule has 136 valence electrons. The number of ether oxygens (including phenoxy) is 3. The lowest BCUT2D eigenvalue weighted by molar-refractivity contribution is 0.0493. The molecule has 0 heterocycles. The second-order valence-corrected chi connectivity index (χ2v) is 8.21. The molecule has 1 rings (SSSR count). The van der Waals surface area contributed by atoms with Crippen LogP contribution in [0.5, 0.6) is 11.5 Å². The molecule has 1 aromatic carbocycles. The summed E-state index contributed by atoms with van der Waals surface area (Å²) in [4.78, 5) is 11.7. The average molecular weight is 449 g/mol. The molecular formula is C18H28INO4. The van der Waals surface area contributed by atoms with E-state index in [0.717, 1.165) is 15.1 Å². The average Bonchev–Trinajstić information content (AvgIpc) is 2.42. The Morgan fingerprint density at radius 1 is 1.12 bits per heavy atom. The molecule has 0 unspecified atom stereocenters. The maximum Gasteiger partial charge on any atom is 0.407 e. The molecule has 0 spiro atoms. The van der Waals surface area contributed by atoms with E-state index in [1.165, 1.54) is 0 Å². The zero-order chi connectivity index (χ0) is 18.3. The van der Waals surface area contributed by atoms with Gasteiger partial charge in [0.05, 0.1) is 16.2 Å². The minimum atomic E-state index is -0.512. The first-order valence-corrected chi connectivity index (χ1v) is 9.20. The number of rotatable bonds is 7. The molecule has 6 heteroatoms. The normalized spacial score (nSPS) is 12.7. The Kier molecular flexibility index (Phi) is 8.12. The molecule has 0 saturated heterocycles. The first-order valence-electron chi connectivity index (χ1n) is 8.12. The first-order chi connectivity index (χ1) is 11.1. The Morgan fingerprint density at radius 3 is 2.17 bits per heavy atom. The van der Waals surface area contributed by atoms with Crippen molar-refractivity contribution in [2.75, 3.05) is 13.2 Å². The second-order valence-electron chi connectivity index (χ2n) is 7.13. The molecule has 1 aromatic rings. The predicted octanol–water partition coefficient (Wildman–Crippen LogP) is 4.62. The lowest BCUT2D eigenvalue weighted by atomic mass is 10.2. The van der Waals surface area contributed by atoms with Gasteiger partial charge >= 0.3 is 6.09 Å². The zero-order valence-electron chi connectivity index (χ0n) is 15.3. The van der Waals surface area contributed by atoms with Gasteiger partial charge in [-0.1, -0.05) is 19.9 Å². The van der Waals surface area contributed by atoms with E-state index >= 15 is 0 Å². The maximum absolute atomic E-state index is 11.7. The summed E-state index contributed by atoms with van der Waals surface area (Å²) in [6.45, 7) is 12.6. The second kappa shape index (κ2) is 9.34. The minimum absolute atomic E-state index is 0.170. The van der Waals surface area contributed by atoms with Gasteiger partial charge in [0.25, 0.3) is 0 Å². The van der Waals surface area contributed by atoms with Gasteiger partial charge in [0.15, 0.2) is 0 Å². The zero-order valence-corrected chi connectivity index (χ0v) is 17.5. The number of nitrogens with one attached hydrogen (secondary N) is 1. The fraction of sp³-hybridized carbons (Fsp3) is 0.611. The quantitative estimate of drug-likeness (QED) is 0.618. The molecule has 1 atom stereocenters. The van der Waals surface area contributed by atoms with Crippen LogP contribution >= 0.6 is 22.6 Å². The van der Waals surface area contributed by atoms with Crippen molar-refractivity contribution in [2.45, 2.75) is 53.2 Å². The van der Waals surface area contributed by atoms with Crippen molar-refractivity contribution < 1.29 is 19.0 Å². The Labute approximate surface area is 158 Å². The summed E-state index contributed by atoms with van der Waals surface area (Å²) in [5.74, 6) is 2.02. The number of hydrogen-bond acceptors (Lipinski definition) is 4. The third kappa shape index (κ3) is 8.08. The van der Waals surface area contributed by atoms with Crippen LogP contribution in [0.3, 0.4) is 0 Å². The van der Waals surface area contributed by atoms with Gasteiger partial charge < -0.3 is 19.5 Å². The summed E-state index contributed by atoms with van der Waals surface area (Å²) in [6.07, 6.45) is -0.442. The first kappa shape index (κ1) is 20.9. The molecule has 0 saturated carbocycles. The maximum atomic E-state index is 11.7. The molecule has 0 aliphatic rings. The van der Waals surface area contributed by atoms with Crippen molar-refractivity contribution in [3.05, 3.63) is 21.8 Å². The molecule has 0 aromatic heterocycles. The molecule has 0 fully saturated rings. The molecule has 24 heavy (non-hydrogen) atoms. The van der Waals surface area contributed by atoms with E-state index in [0.29, 0.717) is 19.1 Å². The third-order valence-corrected chi connectivity index (χ3v) is 3.82. The van der Waals surface area contributed by atoms with Gasteiger partial charge in [-0.2, -0.15) is 0 Å². The summed E-state index contributed by atoms with van der Waals surface area (Å²) in [5.41, 5.74) is -0.512. The summed E-state index contributed by atoms with van der Waals surface area (Å²) < 4.78 is 17.8. The monoisotopic (exact) mass is 449 g/mol. The van der Waals surface area contributed by atoms with Gasteiger partial charge in [-0.15, -0.1) is 0 Å². The largest absolute Gasteiger partial charge is 0.492 e. The molecule has 0 aliphatic heterocycles. The van der Waals surface area contributed by atoms with Crippen molar-refractivity contribution in [3.63, 3.8) is 0 Å². The fourth-order valence-electron chi connectivity index (χ4n) is 1.74. The number of carbonyl (C=O) groups excluding carboxylic acids is 1. The summed E-state index contributed by atoms with van der Waals surface area (Å²) in [5, 5.41) is 2.76. The number of halogens is 1. The van der Waals surface area contributed by atoms with Gasteiger partial charge in [0.1, 0.15) is 23.7 Å². The molecule has 1 N–H and O–H groups in total. The van der Waals surface area contributed by atoms with Crippen LogP contribution in [0.1, 0.15) is 41.5 Å². The highest BCUT2D eigenvalue weighted by Gasteiger charge is 2.18. The van der Waals surface area contributed by atoms with E-state index in [2.05, 4.69) is 41.8 Å². The van der Waals surface area contributed by atoms with Crippen molar-refractivity contribution in [1.29, 1.82) is 0 Å². The number of benzene rings is 1. The van der Waals surface area contributed by atoms with Gasteiger partial charge in [-0.3, -0.25) is 0 Å². The Bertz CT molecular complexity index is 540. The summed E-state index contributed by atoms with van der Waals surface area (Å²) >= 11 is 2.22. The topological polar surface area (TPSA) is 56.8 Å². The van der Waals surface area contributed by atoms with Crippen molar-refractivity contribution in [1.82, 2.24) is 5.32 Å². The molecule has 0 aliphatic carbocycles. The van der Waals surface area contributed by atoms with Crippen LogP contribution in [0, 0.1) is 9.49 Å². The van der Waals surface area contributed by atoms with Gasteiger partial charge in [-0.25, -0.2) is 4.79 Å². The summed E-state index contributed by atoms with van der Waals surface area (Å²) in [6, 6.07) is 5.55. The number of alkyl carbamates (subject to hydrolysis) is 1. The van der Waals surface area contributed by atoms with Crippen molar-refractivity contribution in [2.24, 2.45) is 5.92 Å². The highest BCUT2D eigenvalue weighted by molar-refractivity contribution is 14.1. The predicted molar refractivity (Wildman–Crippen MR) is 104 cm³/mol. The van der Waals surface area contributed by atoms with Gasteiger partial charge in [-0.05, 0) is 68.3 Å². The Balaban J connectivity index is 2.55. The van der Waals surface area contributed by atoms with Crippen LogP contribution in [-0.4, -0.2) is 30.9 Å². The molecule has 0 radical (unpaired) electrons. The molecular weight excluding hydrogens is 421 g/mol. The van der Waals surface area contributed by atoms with Gasteiger partial charge in [0, 0.05) is 0 Å². The highest BCUT2D eigenvalue weighted by Crippen LogP contribution is 2.30. The third-order valence-electron chi connectivity index (χ3n) is 2.75.